The zero-order valence-electron chi connectivity index (χ0n) is 16.2. The van der Waals surface area contributed by atoms with Crippen molar-refractivity contribution in [2.75, 3.05) is 12.3 Å². The third kappa shape index (κ3) is 4.22. The van der Waals surface area contributed by atoms with Crippen LogP contribution in [0.2, 0.25) is 0 Å². The molecule has 0 saturated carbocycles. The summed E-state index contributed by atoms with van der Waals surface area (Å²) in [6.45, 7) is 7.00. The highest BCUT2D eigenvalue weighted by Gasteiger charge is 2.31. The lowest BCUT2D eigenvalue weighted by atomic mass is 9.94. The van der Waals surface area contributed by atoms with Gasteiger partial charge in [-0.05, 0) is 63.7 Å². The van der Waals surface area contributed by atoms with Crippen molar-refractivity contribution in [3.05, 3.63) is 76.5 Å². The van der Waals surface area contributed by atoms with Crippen LogP contribution in [0.15, 0.2) is 65.4 Å². The zero-order valence-corrected chi connectivity index (χ0v) is 17.0. The molecular weight excluding hydrogens is 382 g/mol. The lowest BCUT2D eigenvalue weighted by Gasteiger charge is -2.15. The molecule has 2 heterocycles. The van der Waals surface area contributed by atoms with Gasteiger partial charge in [-0.25, -0.2) is 0 Å². The van der Waals surface area contributed by atoms with Crippen molar-refractivity contribution in [2.24, 2.45) is 5.73 Å². The van der Waals surface area contributed by atoms with E-state index in [4.69, 9.17) is 10.5 Å². The van der Waals surface area contributed by atoms with Crippen LogP contribution in [0, 0.1) is 0 Å². The number of hydrogen-bond acceptors (Lipinski definition) is 4. The second-order valence-electron chi connectivity index (χ2n) is 6.90. The van der Waals surface area contributed by atoms with E-state index in [9.17, 15) is 4.79 Å². The smallest absolute Gasteiger partial charge is 0.256 e. The van der Waals surface area contributed by atoms with Gasteiger partial charge < -0.3 is 16.4 Å². The summed E-state index contributed by atoms with van der Waals surface area (Å²) in [6.07, 6.45) is 0.250. The van der Waals surface area contributed by atoms with Crippen LogP contribution in [0.1, 0.15) is 22.8 Å². The molecule has 0 fully saturated rings. The number of rotatable bonds is 4. The SMILES string of the molecule is C=C(C)CN1Cc2c(-c3cccc(-c4ccsc4)c3)ccc(N)c2C1=O.NC=O. The number of nitrogens with two attached hydrogens (primary N) is 2. The average Bonchev–Trinajstić information content (AvgIpc) is 3.32. The van der Waals surface area contributed by atoms with E-state index < -0.39 is 0 Å². The number of carbonyl (C=O) groups excluding carboxylic acids is 2. The molecule has 29 heavy (non-hydrogen) atoms. The number of nitrogens with zero attached hydrogens (tertiary/aromatic N) is 1. The first-order valence-electron chi connectivity index (χ1n) is 9.09. The molecule has 148 valence electrons. The van der Waals surface area contributed by atoms with Crippen molar-refractivity contribution in [3.63, 3.8) is 0 Å². The summed E-state index contributed by atoms with van der Waals surface area (Å²) in [4.78, 5) is 23.2. The Hall–Kier alpha value is -3.38. The molecular formula is C23H23N3O2S. The molecule has 0 unspecified atom stereocenters. The first-order chi connectivity index (χ1) is 14.0. The fraction of sp³-hybridized carbons (Fsp3) is 0.130. The molecule has 4 N–H and O–H groups in total. The molecule has 3 aromatic rings. The molecule has 0 aliphatic carbocycles. The standard InChI is InChI=1S/C22H20N2OS.CH3NO/c1-14(2)11-24-12-19-18(6-7-20(23)21(19)22(24)25)16-5-3-4-15(10-16)17-8-9-26-13-17;2-1-3/h3-10,13H,1,11-12,23H2,2H3;1H,(H2,2,3). The van der Waals surface area contributed by atoms with Crippen molar-refractivity contribution in [2.45, 2.75) is 13.5 Å². The number of thiophene rings is 1. The minimum absolute atomic E-state index is 0.00339. The third-order valence-electron chi connectivity index (χ3n) is 4.68. The van der Waals surface area contributed by atoms with Gasteiger partial charge in [0.25, 0.3) is 5.91 Å². The highest BCUT2D eigenvalue weighted by Crippen LogP contribution is 2.37. The van der Waals surface area contributed by atoms with E-state index in [1.807, 2.05) is 24.0 Å². The molecule has 5 nitrogen and oxygen atoms in total. The first-order valence-corrected chi connectivity index (χ1v) is 10.0. The Bertz CT molecular complexity index is 1060. The van der Waals surface area contributed by atoms with E-state index in [0.717, 1.165) is 22.3 Å². The number of carbonyl (C=O) groups is 2. The van der Waals surface area contributed by atoms with Gasteiger partial charge in [0.05, 0.1) is 5.56 Å². The lowest BCUT2D eigenvalue weighted by molar-refractivity contribution is -0.106. The van der Waals surface area contributed by atoms with Gasteiger partial charge in [-0.3, -0.25) is 9.59 Å². The maximum absolute atomic E-state index is 12.8. The molecule has 4 rings (SSSR count). The van der Waals surface area contributed by atoms with Crippen LogP contribution in [0.3, 0.4) is 0 Å². The molecule has 0 spiro atoms. The molecule has 0 radical (unpaired) electrons. The lowest BCUT2D eigenvalue weighted by Crippen LogP contribution is -2.25. The normalized spacial score (nSPS) is 12.2. The highest BCUT2D eigenvalue weighted by atomic mass is 32.1. The minimum Gasteiger partial charge on any atom is -0.398 e. The number of primary amides is 1. The van der Waals surface area contributed by atoms with E-state index >= 15 is 0 Å². The Morgan fingerprint density at radius 1 is 1.21 bits per heavy atom. The van der Waals surface area contributed by atoms with Crippen molar-refractivity contribution < 1.29 is 9.59 Å². The first kappa shape index (κ1) is 20.4. The van der Waals surface area contributed by atoms with Gasteiger partial charge in [-0.2, -0.15) is 11.3 Å². The molecule has 1 aliphatic heterocycles. The van der Waals surface area contributed by atoms with Crippen molar-refractivity contribution >= 4 is 29.3 Å². The molecule has 1 aliphatic rings. The Morgan fingerprint density at radius 2 is 1.93 bits per heavy atom. The van der Waals surface area contributed by atoms with E-state index in [2.05, 4.69) is 53.4 Å². The van der Waals surface area contributed by atoms with Gasteiger partial charge in [0.2, 0.25) is 6.41 Å². The Balaban J connectivity index is 0.000000755. The Kier molecular flexibility index (Phi) is 6.14. The van der Waals surface area contributed by atoms with Crippen molar-refractivity contribution in [3.8, 4) is 22.3 Å². The summed E-state index contributed by atoms with van der Waals surface area (Å²) in [6, 6.07) is 14.4. The summed E-state index contributed by atoms with van der Waals surface area (Å²) in [5.74, 6) is -0.00339. The topological polar surface area (TPSA) is 89.4 Å². The molecule has 0 atom stereocenters. The van der Waals surface area contributed by atoms with Gasteiger partial charge >= 0.3 is 0 Å². The quantitative estimate of drug-likeness (QED) is 0.385. The second-order valence-corrected chi connectivity index (χ2v) is 7.68. The average molecular weight is 406 g/mol. The summed E-state index contributed by atoms with van der Waals surface area (Å²) >= 11 is 1.69. The number of nitrogen functional groups attached to an aromatic ring is 1. The maximum atomic E-state index is 12.8. The predicted octanol–water partition coefficient (Wildman–Crippen LogP) is 4.30. The van der Waals surface area contributed by atoms with Crippen LogP contribution in [0.4, 0.5) is 5.69 Å². The van der Waals surface area contributed by atoms with Gasteiger partial charge in [0.1, 0.15) is 0 Å². The Labute approximate surface area is 174 Å². The number of amides is 2. The number of anilines is 1. The molecule has 2 aromatic carbocycles. The third-order valence-corrected chi connectivity index (χ3v) is 5.37. The van der Waals surface area contributed by atoms with E-state index in [-0.39, 0.29) is 12.3 Å². The summed E-state index contributed by atoms with van der Waals surface area (Å²) < 4.78 is 0. The van der Waals surface area contributed by atoms with E-state index in [1.165, 1.54) is 11.1 Å². The summed E-state index contributed by atoms with van der Waals surface area (Å²) in [5, 5.41) is 4.22. The number of benzene rings is 2. The Morgan fingerprint density at radius 3 is 2.59 bits per heavy atom. The fourth-order valence-electron chi connectivity index (χ4n) is 3.52. The molecule has 6 heteroatoms. The molecule has 2 amide bonds. The molecule has 1 aromatic heterocycles. The molecule has 0 saturated heterocycles. The highest BCUT2D eigenvalue weighted by molar-refractivity contribution is 7.08. The van der Waals surface area contributed by atoms with Gasteiger partial charge in [-0.15, -0.1) is 0 Å². The van der Waals surface area contributed by atoms with Gasteiger partial charge in [0.15, 0.2) is 0 Å². The summed E-state index contributed by atoms with van der Waals surface area (Å²) in [7, 11) is 0. The second kappa shape index (κ2) is 8.75. The van der Waals surface area contributed by atoms with E-state index in [1.54, 1.807) is 11.3 Å². The van der Waals surface area contributed by atoms with Crippen LogP contribution in [0.25, 0.3) is 22.3 Å². The molecule has 0 bridgehead atoms. The van der Waals surface area contributed by atoms with Crippen LogP contribution in [-0.4, -0.2) is 23.8 Å². The van der Waals surface area contributed by atoms with Gasteiger partial charge in [0, 0.05) is 18.8 Å². The summed E-state index contributed by atoms with van der Waals surface area (Å²) in [5.41, 5.74) is 18.0. The van der Waals surface area contributed by atoms with Crippen LogP contribution < -0.4 is 11.5 Å². The van der Waals surface area contributed by atoms with E-state index in [0.29, 0.717) is 24.3 Å². The van der Waals surface area contributed by atoms with Crippen molar-refractivity contribution in [1.82, 2.24) is 4.90 Å². The minimum atomic E-state index is -0.00339. The maximum Gasteiger partial charge on any atom is 0.256 e. The monoisotopic (exact) mass is 405 g/mol. The van der Waals surface area contributed by atoms with Crippen LogP contribution in [-0.2, 0) is 11.3 Å². The zero-order chi connectivity index (χ0) is 21.0. The predicted molar refractivity (Wildman–Crippen MR) is 119 cm³/mol. The van der Waals surface area contributed by atoms with Crippen molar-refractivity contribution in [1.29, 1.82) is 0 Å². The number of hydrogen-bond donors (Lipinski definition) is 2. The largest absolute Gasteiger partial charge is 0.398 e. The van der Waals surface area contributed by atoms with Crippen LogP contribution in [0.5, 0.6) is 0 Å². The van der Waals surface area contributed by atoms with Gasteiger partial charge in [-0.1, -0.05) is 36.4 Å². The number of fused-ring (bicyclic) bond motifs is 1. The fourth-order valence-corrected chi connectivity index (χ4v) is 4.19. The van der Waals surface area contributed by atoms with Crippen LogP contribution >= 0.6 is 11.3 Å².